The Balaban J connectivity index is 2.62. The molecule has 0 heterocycles. The van der Waals surface area contributed by atoms with Crippen molar-refractivity contribution in [1.29, 1.82) is 0 Å². The van der Waals surface area contributed by atoms with Gasteiger partial charge in [-0.15, -0.1) is 0 Å². The van der Waals surface area contributed by atoms with E-state index in [1.807, 2.05) is 6.92 Å². The Kier molecular flexibility index (Phi) is 7.75. The van der Waals surface area contributed by atoms with Crippen LogP contribution in [0.3, 0.4) is 0 Å². The van der Waals surface area contributed by atoms with Crippen molar-refractivity contribution in [2.45, 2.75) is 39.2 Å². The molecule has 1 rings (SSSR count). The second kappa shape index (κ2) is 9.34. The predicted molar refractivity (Wildman–Crippen MR) is 79.9 cm³/mol. The topological polar surface area (TPSA) is 47.6 Å². The molecule has 118 valence electrons. The lowest BCUT2D eigenvalue weighted by atomic mass is 10.1. The third-order valence-corrected chi connectivity index (χ3v) is 3.15. The van der Waals surface area contributed by atoms with Crippen LogP contribution >= 0.6 is 0 Å². The fourth-order valence-electron chi connectivity index (χ4n) is 1.96. The molecular weight excluding hydrogens is 273 g/mol. The number of rotatable bonds is 9. The van der Waals surface area contributed by atoms with Crippen LogP contribution in [0.25, 0.3) is 0 Å². The molecule has 0 saturated carbocycles. The number of carbonyl (C=O) groups is 1. The maximum Gasteiger partial charge on any atom is 0.305 e. The van der Waals surface area contributed by atoms with Gasteiger partial charge in [-0.1, -0.05) is 13.0 Å². The van der Waals surface area contributed by atoms with Crippen molar-refractivity contribution < 1.29 is 18.7 Å². The number of esters is 1. The maximum atomic E-state index is 13.4. The van der Waals surface area contributed by atoms with Gasteiger partial charge in [0.05, 0.1) is 13.7 Å². The van der Waals surface area contributed by atoms with Crippen LogP contribution < -0.4 is 10.1 Å². The Morgan fingerprint density at radius 2 is 2.19 bits per heavy atom. The van der Waals surface area contributed by atoms with Gasteiger partial charge in [0.2, 0.25) is 0 Å². The summed E-state index contributed by atoms with van der Waals surface area (Å²) in [5.41, 5.74) is 0.919. The quantitative estimate of drug-likeness (QED) is 0.561. The van der Waals surface area contributed by atoms with E-state index in [0.717, 1.165) is 18.5 Å². The number of ether oxygens (including phenoxy) is 2. The largest absolute Gasteiger partial charge is 0.493 e. The normalized spacial score (nSPS) is 12.0. The lowest BCUT2D eigenvalue weighted by Crippen LogP contribution is -2.20. The summed E-state index contributed by atoms with van der Waals surface area (Å²) in [6.07, 6.45) is 1.87. The van der Waals surface area contributed by atoms with Gasteiger partial charge in [0.1, 0.15) is 11.6 Å². The number of hydrogen-bond acceptors (Lipinski definition) is 4. The van der Waals surface area contributed by atoms with Crippen molar-refractivity contribution in [1.82, 2.24) is 5.32 Å². The molecule has 0 aliphatic rings. The zero-order chi connectivity index (χ0) is 15.7. The molecule has 0 bridgehead atoms. The molecule has 0 radical (unpaired) electrons. The summed E-state index contributed by atoms with van der Waals surface area (Å²) >= 11 is 0. The minimum absolute atomic E-state index is 0.0844. The minimum Gasteiger partial charge on any atom is -0.493 e. The third-order valence-electron chi connectivity index (χ3n) is 3.15. The van der Waals surface area contributed by atoms with Crippen LogP contribution in [0, 0.1) is 5.82 Å². The molecule has 0 amide bonds. The Morgan fingerprint density at radius 3 is 2.86 bits per heavy atom. The molecule has 0 fully saturated rings. The lowest BCUT2D eigenvalue weighted by molar-refractivity contribution is -0.140. The van der Waals surface area contributed by atoms with Gasteiger partial charge in [0, 0.05) is 24.1 Å². The predicted octanol–water partition coefficient (Wildman–Crippen LogP) is 3.22. The van der Waals surface area contributed by atoms with Crippen molar-refractivity contribution in [3.63, 3.8) is 0 Å². The molecule has 5 heteroatoms. The van der Waals surface area contributed by atoms with Crippen LogP contribution in [0.4, 0.5) is 4.39 Å². The monoisotopic (exact) mass is 297 g/mol. The lowest BCUT2D eigenvalue weighted by Gasteiger charge is -2.18. The van der Waals surface area contributed by atoms with Crippen molar-refractivity contribution in [2.75, 3.05) is 20.3 Å². The summed E-state index contributed by atoms with van der Waals surface area (Å²) in [5.74, 6) is -0.0728. The minimum atomic E-state index is -0.329. The van der Waals surface area contributed by atoms with Gasteiger partial charge in [-0.05, 0) is 32.4 Å². The third kappa shape index (κ3) is 6.12. The number of halogens is 1. The molecule has 1 unspecified atom stereocenters. The van der Waals surface area contributed by atoms with Gasteiger partial charge in [0.25, 0.3) is 0 Å². The Bertz CT molecular complexity index is 451. The first-order chi connectivity index (χ1) is 10.1. The highest BCUT2D eigenvalue weighted by Crippen LogP contribution is 2.26. The van der Waals surface area contributed by atoms with E-state index >= 15 is 0 Å². The van der Waals surface area contributed by atoms with Crippen molar-refractivity contribution >= 4 is 5.97 Å². The van der Waals surface area contributed by atoms with E-state index in [-0.39, 0.29) is 17.8 Å². The van der Waals surface area contributed by atoms with Gasteiger partial charge in [-0.2, -0.15) is 0 Å². The van der Waals surface area contributed by atoms with Crippen molar-refractivity contribution in [3.8, 4) is 5.75 Å². The second-order valence-electron chi connectivity index (χ2n) is 4.89. The number of carbonyl (C=O) groups excluding carboxylic acids is 1. The number of hydrogen-bond donors (Lipinski definition) is 1. The Labute approximate surface area is 125 Å². The molecule has 0 aliphatic carbocycles. The first kappa shape index (κ1) is 17.4. The van der Waals surface area contributed by atoms with Gasteiger partial charge >= 0.3 is 5.97 Å². The zero-order valence-electron chi connectivity index (χ0n) is 12.9. The molecule has 1 atom stereocenters. The average molecular weight is 297 g/mol. The summed E-state index contributed by atoms with van der Waals surface area (Å²) < 4.78 is 23.6. The van der Waals surface area contributed by atoms with E-state index in [4.69, 9.17) is 4.74 Å². The van der Waals surface area contributed by atoms with Gasteiger partial charge in [-0.25, -0.2) is 4.39 Å². The average Bonchev–Trinajstić information content (AvgIpc) is 2.49. The highest BCUT2D eigenvalue weighted by molar-refractivity contribution is 5.69. The molecular formula is C16H24FNO3. The summed E-state index contributed by atoms with van der Waals surface area (Å²) in [4.78, 5) is 11.0. The van der Waals surface area contributed by atoms with Crippen molar-refractivity contribution in [3.05, 3.63) is 29.6 Å². The standard InChI is InChI=1S/C16H24FNO3/c1-4-9-18-12(2)14-8-7-13(17)11-15(14)21-10-5-6-16(19)20-3/h7-8,11-12,18H,4-6,9-10H2,1-3H3. The van der Waals surface area contributed by atoms with Crippen LogP contribution in [0.2, 0.25) is 0 Å². The van der Waals surface area contributed by atoms with Crippen LogP contribution in [0.5, 0.6) is 5.75 Å². The molecule has 1 aromatic carbocycles. The van der Waals surface area contributed by atoms with E-state index in [1.54, 1.807) is 6.07 Å². The summed E-state index contributed by atoms with van der Waals surface area (Å²) in [5, 5.41) is 3.35. The molecule has 1 N–H and O–H groups in total. The molecule has 0 aliphatic heterocycles. The van der Waals surface area contributed by atoms with Crippen LogP contribution in [-0.4, -0.2) is 26.2 Å². The smallest absolute Gasteiger partial charge is 0.305 e. The first-order valence-corrected chi connectivity index (χ1v) is 7.31. The van der Waals surface area contributed by atoms with Gasteiger partial charge < -0.3 is 14.8 Å². The molecule has 1 aromatic rings. The van der Waals surface area contributed by atoms with E-state index < -0.39 is 0 Å². The highest BCUT2D eigenvalue weighted by Gasteiger charge is 2.12. The summed E-state index contributed by atoms with van der Waals surface area (Å²) in [7, 11) is 1.36. The maximum absolute atomic E-state index is 13.4. The van der Waals surface area contributed by atoms with E-state index in [0.29, 0.717) is 25.2 Å². The molecule has 0 spiro atoms. The van der Waals surface area contributed by atoms with Crippen LogP contribution in [0.15, 0.2) is 18.2 Å². The van der Waals surface area contributed by atoms with E-state index in [9.17, 15) is 9.18 Å². The fourth-order valence-corrected chi connectivity index (χ4v) is 1.96. The first-order valence-electron chi connectivity index (χ1n) is 7.31. The summed E-state index contributed by atoms with van der Waals surface area (Å²) in [6, 6.07) is 4.64. The molecule has 4 nitrogen and oxygen atoms in total. The molecule has 21 heavy (non-hydrogen) atoms. The Morgan fingerprint density at radius 1 is 1.43 bits per heavy atom. The van der Waals surface area contributed by atoms with Crippen molar-refractivity contribution in [2.24, 2.45) is 0 Å². The van der Waals surface area contributed by atoms with Crippen LogP contribution in [-0.2, 0) is 9.53 Å². The number of methoxy groups -OCH3 is 1. The fraction of sp³-hybridized carbons (Fsp3) is 0.562. The molecule has 0 aromatic heterocycles. The SMILES string of the molecule is CCCNC(C)c1ccc(F)cc1OCCCC(=O)OC. The number of benzene rings is 1. The van der Waals surface area contributed by atoms with Gasteiger partial charge in [0.15, 0.2) is 0 Å². The van der Waals surface area contributed by atoms with E-state index in [1.165, 1.54) is 19.2 Å². The van der Waals surface area contributed by atoms with E-state index in [2.05, 4.69) is 17.0 Å². The van der Waals surface area contributed by atoms with Gasteiger partial charge in [-0.3, -0.25) is 4.79 Å². The molecule has 0 saturated heterocycles. The van der Waals surface area contributed by atoms with Crippen LogP contribution in [0.1, 0.15) is 44.7 Å². The second-order valence-corrected chi connectivity index (χ2v) is 4.89. The number of nitrogens with one attached hydrogen (secondary N) is 1. The highest BCUT2D eigenvalue weighted by atomic mass is 19.1. The Hall–Kier alpha value is -1.62. The summed E-state index contributed by atoms with van der Waals surface area (Å²) in [6.45, 7) is 5.35. The zero-order valence-corrected chi connectivity index (χ0v) is 12.9.